The van der Waals surface area contributed by atoms with Gasteiger partial charge in [-0.3, -0.25) is 4.79 Å². The van der Waals surface area contributed by atoms with Crippen LogP contribution in [0.2, 0.25) is 0 Å². The van der Waals surface area contributed by atoms with Crippen LogP contribution in [0.1, 0.15) is 24.5 Å². The summed E-state index contributed by atoms with van der Waals surface area (Å²) in [6.45, 7) is 1.95. The Balaban J connectivity index is 2.86. The summed E-state index contributed by atoms with van der Waals surface area (Å²) in [6, 6.07) is 1.81. The molecule has 2 N–H and O–H groups in total. The zero-order valence-electron chi connectivity index (χ0n) is 16.5. The van der Waals surface area contributed by atoms with Crippen LogP contribution in [-0.4, -0.2) is 40.8 Å². The van der Waals surface area contributed by atoms with Crippen molar-refractivity contribution in [2.24, 2.45) is 5.73 Å². The molecule has 0 bridgehead atoms. The normalized spacial score (nSPS) is 20.1. The van der Waals surface area contributed by atoms with Gasteiger partial charge in [0.15, 0.2) is 23.5 Å². The second-order valence-electron chi connectivity index (χ2n) is 6.04. The summed E-state index contributed by atoms with van der Waals surface area (Å²) >= 11 is 0. The number of nitrogens with two attached hydrogens (primary N) is 1. The zero-order chi connectivity index (χ0) is 20.0. The Kier molecular flexibility index (Phi) is 7.07. The largest absolute Gasteiger partial charge is 0.493 e. The van der Waals surface area contributed by atoms with Crippen molar-refractivity contribution < 1.29 is 23.7 Å². The number of carbonyl (C=O) groups is 1. The SMILES string of the molecule is C\C=C1/C(=C\C=C(/C=O)OC)c2c(cc(OC)c(OC)c2OC)CC[C@@H]1N. The quantitative estimate of drug-likeness (QED) is 0.357. The third-order valence-corrected chi connectivity index (χ3v) is 4.69. The monoisotopic (exact) mass is 373 g/mol. The predicted molar refractivity (Wildman–Crippen MR) is 105 cm³/mol. The maximum atomic E-state index is 11.1. The Hall–Kier alpha value is -2.73. The molecule has 0 heterocycles. The van der Waals surface area contributed by atoms with Gasteiger partial charge in [0.2, 0.25) is 5.75 Å². The number of aryl methyl sites for hydroxylation is 1. The van der Waals surface area contributed by atoms with E-state index in [0.717, 1.165) is 35.1 Å². The molecule has 0 saturated heterocycles. The first-order valence-electron chi connectivity index (χ1n) is 8.71. The minimum absolute atomic E-state index is 0.147. The van der Waals surface area contributed by atoms with Crippen molar-refractivity contribution in [2.75, 3.05) is 28.4 Å². The lowest BCUT2D eigenvalue weighted by Crippen LogP contribution is -2.22. The second-order valence-corrected chi connectivity index (χ2v) is 6.04. The summed E-state index contributed by atoms with van der Waals surface area (Å²) in [5.74, 6) is 1.91. The van der Waals surface area contributed by atoms with Gasteiger partial charge in [-0.1, -0.05) is 12.2 Å². The molecule has 1 atom stereocenters. The molecule has 1 aromatic carbocycles. The molecular weight excluding hydrogens is 346 g/mol. The molecule has 0 saturated carbocycles. The molecular formula is C21H27NO5. The summed E-state index contributed by atoms with van der Waals surface area (Å²) in [7, 11) is 6.22. The van der Waals surface area contributed by atoms with E-state index in [1.165, 1.54) is 7.11 Å². The molecule has 6 nitrogen and oxygen atoms in total. The molecule has 0 radical (unpaired) electrons. The lowest BCUT2D eigenvalue weighted by atomic mass is 9.91. The molecule has 0 aromatic heterocycles. The number of rotatable bonds is 6. The molecule has 1 aliphatic rings. The molecule has 0 unspecified atom stereocenters. The van der Waals surface area contributed by atoms with E-state index in [2.05, 4.69) is 0 Å². The van der Waals surface area contributed by atoms with E-state index in [0.29, 0.717) is 23.5 Å². The van der Waals surface area contributed by atoms with Crippen LogP contribution >= 0.6 is 0 Å². The van der Waals surface area contributed by atoms with E-state index in [9.17, 15) is 4.79 Å². The van der Waals surface area contributed by atoms with E-state index in [4.69, 9.17) is 24.7 Å². The third-order valence-electron chi connectivity index (χ3n) is 4.69. The number of methoxy groups -OCH3 is 4. The lowest BCUT2D eigenvalue weighted by Gasteiger charge is -2.21. The minimum atomic E-state index is -0.147. The van der Waals surface area contributed by atoms with Crippen LogP contribution in [0.4, 0.5) is 0 Å². The lowest BCUT2D eigenvalue weighted by molar-refractivity contribution is -0.107. The number of fused-ring (bicyclic) bond motifs is 1. The Morgan fingerprint density at radius 2 is 1.85 bits per heavy atom. The van der Waals surface area contributed by atoms with Crippen molar-refractivity contribution in [3.8, 4) is 17.2 Å². The van der Waals surface area contributed by atoms with Gasteiger partial charge in [0.1, 0.15) is 0 Å². The highest BCUT2D eigenvalue weighted by Crippen LogP contribution is 2.48. The van der Waals surface area contributed by atoms with Crippen LogP contribution in [0, 0.1) is 0 Å². The highest BCUT2D eigenvalue weighted by atomic mass is 16.5. The molecule has 1 aromatic rings. The standard InChI is InChI=1S/C21H27NO5/c1-6-15-16(9-8-14(12-23)24-2)19-13(7-10-17(15)22)11-18(25-3)20(26-4)21(19)27-5/h6,8-9,11-12,17H,7,10,22H2,1-5H3/b14-8+,15-6+,16-9+/t17-/m0/s1. The van der Waals surface area contributed by atoms with Gasteiger partial charge in [-0.25, -0.2) is 0 Å². The highest BCUT2D eigenvalue weighted by Gasteiger charge is 2.29. The van der Waals surface area contributed by atoms with E-state index < -0.39 is 0 Å². The minimum Gasteiger partial charge on any atom is -0.493 e. The molecule has 27 heavy (non-hydrogen) atoms. The van der Waals surface area contributed by atoms with Crippen molar-refractivity contribution >= 4 is 11.9 Å². The van der Waals surface area contributed by atoms with Gasteiger partial charge in [-0.05, 0) is 48.6 Å². The summed E-state index contributed by atoms with van der Waals surface area (Å²) in [4.78, 5) is 11.1. The number of aldehydes is 1. The van der Waals surface area contributed by atoms with Crippen LogP contribution < -0.4 is 19.9 Å². The Morgan fingerprint density at radius 1 is 1.15 bits per heavy atom. The van der Waals surface area contributed by atoms with E-state index in [1.807, 2.05) is 25.1 Å². The first-order valence-corrected chi connectivity index (χ1v) is 8.71. The fraction of sp³-hybridized carbons (Fsp3) is 0.381. The first-order chi connectivity index (χ1) is 13.1. The van der Waals surface area contributed by atoms with Crippen LogP contribution in [0.25, 0.3) is 5.57 Å². The van der Waals surface area contributed by atoms with Crippen LogP contribution in [0.5, 0.6) is 17.2 Å². The molecule has 146 valence electrons. The van der Waals surface area contributed by atoms with E-state index in [-0.39, 0.29) is 11.8 Å². The van der Waals surface area contributed by atoms with Crippen molar-refractivity contribution in [3.05, 3.63) is 46.8 Å². The Bertz CT molecular complexity index is 792. The summed E-state index contributed by atoms with van der Waals surface area (Å²) in [5, 5.41) is 0. The number of allylic oxidation sites excluding steroid dienone is 4. The van der Waals surface area contributed by atoms with Crippen molar-refractivity contribution in [3.63, 3.8) is 0 Å². The van der Waals surface area contributed by atoms with Crippen LogP contribution in [0.3, 0.4) is 0 Å². The molecule has 2 rings (SSSR count). The maximum Gasteiger partial charge on any atom is 0.203 e. The number of ether oxygens (including phenoxy) is 4. The topological polar surface area (TPSA) is 80.0 Å². The second kappa shape index (κ2) is 9.28. The summed E-state index contributed by atoms with van der Waals surface area (Å²) in [5.41, 5.74) is 10.2. The Labute approximate surface area is 160 Å². The highest BCUT2D eigenvalue weighted by molar-refractivity contribution is 5.89. The third kappa shape index (κ3) is 4.01. The number of hydrogen-bond donors (Lipinski definition) is 1. The van der Waals surface area contributed by atoms with Gasteiger partial charge >= 0.3 is 0 Å². The van der Waals surface area contributed by atoms with Crippen LogP contribution in [-0.2, 0) is 16.0 Å². The fourth-order valence-electron chi connectivity index (χ4n) is 3.38. The van der Waals surface area contributed by atoms with Gasteiger partial charge in [0.05, 0.1) is 28.4 Å². The molecule has 1 aliphatic carbocycles. The molecule has 0 aliphatic heterocycles. The number of hydrogen-bond acceptors (Lipinski definition) is 6. The number of benzene rings is 1. The van der Waals surface area contributed by atoms with Crippen LogP contribution in [0.15, 0.2) is 35.6 Å². The molecule has 0 amide bonds. The van der Waals surface area contributed by atoms with Gasteiger partial charge in [-0.15, -0.1) is 0 Å². The number of carbonyl (C=O) groups excluding carboxylic acids is 1. The van der Waals surface area contributed by atoms with Gasteiger partial charge < -0.3 is 24.7 Å². The first kappa shape index (κ1) is 20.6. The molecule has 6 heteroatoms. The van der Waals surface area contributed by atoms with Gasteiger partial charge in [-0.2, -0.15) is 0 Å². The fourth-order valence-corrected chi connectivity index (χ4v) is 3.38. The summed E-state index contributed by atoms with van der Waals surface area (Å²) < 4.78 is 21.8. The van der Waals surface area contributed by atoms with E-state index >= 15 is 0 Å². The van der Waals surface area contributed by atoms with E-state index in [1.54, 1.807) is 27.4 Å². The maximum absolute atomic E-state index is 11.1. The van der Waals surface area contributed by atoms with Gasteiger partial charge in [0.25, 0.3) is 0 Å². The van der Waals surface area contributed by atoms with Crippen molar-refractivity contribution in [1.29, 1.82) is 0 Å². The summed E-state index contributed by atoms with van der Waals surface area (Å²) in [6.07, 6.45) is 7.65. The molecule has 0 fully saturated rings. The average molecular weight is 373 g/mol. The predicted octanol–water partition coefficient (Wildman–Crippen LogP) is 3.04. The smallest absolute Gasteiger partial charge is 0.203 e. The van der Waals surface area contributed by atoms with Gasteiger partial charge in [0, 0.05) is 11.6 Å². The average Bonchev–Trinajstić information content (AvgIpc) is 2.83. The Morgan fingerprint density at radius 3 is 2.37 bits per heavy atom. The zero-order valence-corrected chi connectivity index (χ0v) is 16.5. The van der Waals surface area contributed by atoms with Crippen molar-refractivity contribution in [2.45, 2.75) is 25.8 Å². The van der Waals surface area contributed by atoms with Crippen molar-refractivity contribution in [1.82, 2.24) is 0 Å². The molecule has 0 spiro atoms.